The number of ether oxygens (including phenoxy) is 1. The zero-order chi connectivity index (χ0) is 23.6. The van der Waals surface area contributed by atoms with Gasteiger partial charge in [-0.25, -0.2) is 4.79 Å². The van der Waals surface area contributed by atoms with Crippen LogP contribution in [0.3, 0.4) is 0 Å². The fourth-order valence-corrected chi connectivity index (χ4v) is 4.00. The van der Waals surface area contributed by atoms with E-state index in [9.17, 15) is 28.3 Å². The number of aromatic carboxylic acids is 1. The molecule has 0 spiro atoms. The lowest BCUT2D eigenvalue weighted by Crippen LogP contribution is -2.27. The maximum atomic E-state index is 13.4. The number of carboxylic acid groups (broad SMARTS) is 1. The Balaban J connectivity index is 1.80. The van der Waals surface area contributed by atoms with Gasteiger partial charge in [0.05, 0.1) is 5.56 Å². The highest BCUT2D eigenvalue weighted by Crippen LogP contribution is 2.44. The van der Waals surface area contributed by atoms with E-state index < -0.39 is 17.7 Å². The molecule has 3 aromatic rings. The molecule has 1 aromatic heterocycles. The molecule has 5 nitrogen and oxygen atoms in total. The molecule has 0 atom stereocenters. The summed E-state index contributed by atoms with van der Waals surface area (Å²) in [7, 11) is 0. The largest absolute Gasteiger partial charge is 0.619 e. The summed E-state index contributed by atoms with van der Waals surface area (Å²) in [6.07, 6.45) is -0.425. The standard InChI is InChI=1S/C25H20F3NO4/c26-25(27,28)19-9-10-22(23(12-19)33-15-16-5-2-1-3-6-16)21-8-4-7-20(21)17-11-18(24(30)31)14-29(32)13-17/h1-3,5-6,9-14H,4,7-8,15H2,(H,30,31). The van der Waals surface area contributed by atoms with Crippen molar-refractivity contribution in [2.75, 3.05) is 0 Å². The number of nitrogens with zero attached hydrogens (tertiary/aromatic N) is 1. The van der Waals surface area contributed by atoms with E-state index in [2.05, 4.69) is 0 Å². The lowest BCUT2D eigenvalue weighted by Gasteiger charge is -2.17. The molecule has 1 heterocycles. The van der Waals surface area contributed by atoms with Crippen molar-refractivity contribution in [3.05, 3.63) is 100 Å². The molecule has 0 saturated carbocycles. The van der Waals surface area contributed by atoms with Crippen molar-refractivity contribution in [2.45, 2.75) is 32.0 Å². The van der Waals surface area contributed by atoms with Crippen molar-refractivity contribution in [3.8, 4) is 5.75 Å². The summed E-state index contributed by atoms with van der Waals surface area (Å²) in [4.78, 5) is 11.4. The van der Waals surface area contributed by atoms with E-state index in [0.29, 0.717) is 28.7 Å². The smallest absolute Gasteiger partial charge is 0.416 e. The summed E-state index contributed by atoms with van der Waals surface area (Å²) in [6.45, 7) is 0.0901. The second-order valence-electron chi connectivity index (χ2n) is 7.77. The van der Waals surface area contributed by atoms with Crippen LogP contribution in [0, 0.1) is 5.21 Å². The summed E-state index contributed by atoms with van der Waals surface area (Å²) in [5.74, 6) is -1.14. The maximum Gasteiger partial charge on any atom is 0.416 e. The van der Waals surface area contributed by atoms with E-state index in [1.165, 1.54) is 18.3 Å². The van der Waals surface area contributed by atoms with Crippen molar-refractivity contribution in [2.24, 2.45) is 0 Å². The molecule has 0 amide bonds. The SMILES string of the molecule is O=C(O)c1cc(C2=C(c3ccc(C(F)(F)F)cc3OCc3ccccc3)CCC2)c[n+]([O-])c1. The van der Waals surface area contributed by atoms with Gasteiger partial charge >= 0.3 is 12.1 Å². The van der Waals surface area contributed by atoms with Gasteiger partial charge in [0.15, 0.2) is 12.4 Å². The van der Waals surface area contributed by atoms with Crippen molar-refractivity contribution in [1.82, 2.24) is 0 Å². The fraction of sp³-hybridized carbons (Fsp3) is 0.200. The Labute approximate surface area is 188 Å². The molecule has 1 N–H and O–H groups in total. The number of benzene rings is 2. The van der Waals surface area contributed by atoms with Gasteiger partial charge in [-0.2, -0.15) is 17.9 Å². The zero-order valence-corrected chi connectivity index (χ0v) is 17.4. The molecule has 2 aromatic carbocycles. The van der Waals surface area contributed by atoms with Crippen LogP contribution in [0.15, 0.2) is 67.0 Å². The predicted molar refractivity (Wildman–Crippen MR) is 115 cm³/mol. The van der Waals surface area contributed by atoms with E-state index in [4.69, 9.17) is 4.74 Å². The van der Waals surface area contributed by atoms with Gasteiger partial charge in [0, 0.05) is 11.1 Å². The number of hydrogen-bond acceptors (Lipinski definition) is 3. The fourth-order valence-electron chi connectivity index (χ4n) is 4.00. The second-order valence-corrected chi connectivity index (χ2v) is 7.77. The minimum atomic E-state index is -4.53. The van der Waals surface area contributed by atoms with Gasteiger partial charge in [-0.1, -0.05) is 36.4 Å². The molecule has 170 valence electrons. The summed E-state index contributed by atoms with van der Waals surface area (Å²) in [5, 5.41) is 21.3. The number of halogens is 3. The summed E-state index contributed by atoms with van der Waals surface area (Å²) < 4.78 is 46.4. The van der Waals surface area contributed by atoms with Crippen LogP contribution < -0.4 is 9.47 Å². The quantitative estimate of drug-likeness (QED) is 0.382. The summed E-state index contributed by atoms with van der Waals surface area (Å²) in [5.41, 5.74) is 2.24. The average Bonchev–Trinajstić information content (AvgIpc) is 3.27. The molecular weight excluding hydrogens is 435 g/mol. The Hall–Kier alpha value is -3.81. The van der Waals surface area contributed by atoms with E-state index in [-0.39, 0.29) is 17.9 Å². The highest BCUT2D eigenvalue weighted by Gasteiger charge is 2.32. The minimum Gasteiger partial charge on any atom is -0.619 e. The molecule has 0 saturated heterocycles. The van der Waals surface area contributed by atoms with Crippen LogP contribution in [-0.4, -0.2) is 11.1 Å². The van der Waals surface area contributed by atoms with Crippen LogP contribution in [0.2, 0.25) is 0 Å². The number of hydrogen-bond donors (Lipinski definition) is 1. The third kappa shape index (κ3) is 5.00. The van der Waals surface area contributed by atoms with E-state index in [1.54, 1.807) is 0 Å². The van der Waals surface area contributed by atoms with Gasteiger partial charge in [-0.15, -0.1) is 0 Å². The Bertz CT molecular complexity index is 1220. The first-order valence-electron chi connectivity index (χ1n) is 10.3. The molecule has 8 heteroatoms. The third-order valence-corrected chi connectivity index (χ3v) is 5.53. The van der Waals surface area contributed by atoms with E-state index in [0.717, 1.165) is 41.5 Å². The number of aromatic nitrogens is 1. The number of allylic oxidation sites excluding steroid dienone is 2. The van der Waals surface area contributed by atoms with Crippen LogP contribution in [-0.2, 0) is 12.8 Å². The molecule has 4 rings (SSSR count). The number of alkyl halides is 3. The van der Waals surface area contributed by atoms with Crippen molar-refractivity contribution < 1.29 is 32.5 Å². The summed E-state index contributed by atoms with van der Waals surface area (Å²) in [6, 6.07) is 13.9. The lowest BCUT2D eigenvalue weighted by atomic mass is 9.95. The first-order chi connectivity index (χ1) is 15.7. The molecule has 0 fully saturated rings. The molecule has 1 aliphatic rings. The van der Waals surface area contributed by atoms with Gasteiger partial charge in [-0.3, -0.25) is 0 Å². The molecular formula is C25H20F3NO4. The Morgan fingerprint density at radius 1 is 1.03 bits per heavy atom. The van der Waals surface area contributed by atoms with E-state index in [1.807, 2.05) is 30.3 Å². The highest BCUT2D eigenvalue weighted by molar-refractivity contribution is 5.96. The average molecular weight is 455 g/mol. The van der Waals surface area contributed by atoms with Gasteiger partial charge in [0.1, 0.15) is 17.9 Å². The minimum absolute atomic E-state index is 0.0901. The second kappa shape index (κ2) is 8.97. The molecule has 0 aliphatic heterocycles. The number of carboxylic acids is 1. The predicted octanol–water partition coefficient (Wildman–Crippen LogP) is 5.71. The number of rotatable bonds is 6. The first-order valence-corrected chi connectivity index (χ1v) is 10.3. The molecule has 0 bridgehead atoms. The van der Waals surface area contributed by atoms with Crippen LogP contribution in [0.5, 0.6) is 5.75 Å². The monoisotopic (exact) mass is 455 g/mol. The molecule has 33 heavy (non-hydrogen) atoms. The Kier molecular flexibility index (Phi) is 6.09. The molecule has 1 aliphatic carbocycles. The third-order valence-electron chi connectivity index (χ3n) is 5.53. The van der Waals surface area contributed by atoms with Gasteiger partial charge in [0.2, 0.25) is 0 Å². The highest BCUT2D eigenvalue weighted by atomic mass is 19.4. The van der Waals surface area contributed by atoms with Gasteiger partial charge in [-0.05, 0) is 54.2 Å². The van der Waals surface area contributed by atoms with Crippen LogP contribution >= 0.6 is 0 Å². The van der Waals surface area contributed by atoms with Crippen molar-refractivity contribution >= 4 is 17.1 Å². The first kappa shape index (κ1) is 22.4. The number of pyridine rings is 1. The van der Waals surface area contributed by atoms with Crippen LogP contribution in [0.25, 0.3) is 11.1 Å². The Morgan fingerprint density at radius 3 is 2.45 bits per heavy atom. The lowest BCUT2D eigenvalue weighted by molar-refractivity contribution is -0.605. The maximum absolute atomic E-state index is 13.4. The molecule has 0 unspecified atom stereocenters. The van der Waals surface area contributed by atoms with Gasteiger partial charge in [0.25, 0.3) is 0 Å². The van der Waals surface area contributed by atoms with Crippen molar-refractivity contribution in [1.29, 1.82) is 0 Å². The van der Waals surface area contributed by atoms with E-state index >= 15 is 0 Å². The summed E-state index contributed by atoms with van der Waals surface area (Å²) >= 11 is 0. The molecule has 0 radical (unpaired) electrons. The number of carbonyl (C=O) groups is 1. The Morgan fingerprint density at radius 2 is 1.76 bits per heavy atom. The van der Waals surface area contributed by atoms with Crippen LogP contribution in [0.1, 0.15) is 51.9 Å². The topological polar surface area (TPSA) is 73.5 Å². The zero-order valence-electron chi connectivity index (χ0n) is 17.4. The normalized spacial score (nSPS) is 13.9. The van der Waals surface area contributed by atoms with Crippen molar-refractivity contribution in [3.63, 3.8) is 0 Å². The van der Waals surface area contributed by atoms with Gasteiger partial charge < -0.3 is 15.1 Å². The van der Waals surface area contributed by atoms with Crippen LogP contribution in [0.4, 0.5) is 13.2 Å².